The van der Waals surface area contributed by atoms with Gasteiger partial charge in [-0.2, -0.15) is 13.2 Å². The molecule has 202 valence electrons. The highest BCUT2D eigenvalue weighted by Gasteiger charge is 2.33. The van der Waals surface area contributed by atoms with Crippen molar-refractivity contribution in [1.82, 2.24) is 9.88 Å². The summed E-state index contributed by atoms with van der Waals surface area (Å²) in [7, 11) is 0. The first-order valence-corrected chi connectivity index (χ1v) is 11.9. The third-order valence-corrected chi connectivity index (χ3v) is 6.17. The molecule has 0 spiro atoms. The van der Waals surface area contributed by atoms with Gasteiger partial charge in [0.1, 0.15) is 5.69 Å². The molecule has 15 heteroatoms. The van der Waals surface area contributed by atoms with Crippen LogP contribution in [0.3, 0.4) is 0 Å². The van der Waals surface area contributed by atoms with E-state index in [-0.39, 0.29) is 29.6 Å². The van der Waals surface area contributed by atoms with Crippen LogP contribution in [-0.4, -0.2) is 54.4 Å². The van der Waals surface area contributed by atoms with Gasteiger partial charge in [-0.05, 0) is 30.3 Å². The highest BCUT2D eigenvalue weighted by Crippen LogP contribution is 2.32. The number of carbonyl (C=O) groups is 2. The lowest BCUT2D eigenvalue weighted by Crippen LogP contribution is -2.49. The summed E-state index contributed by atoms with van der Waals surface area (Å²) in [5.41, 5.74) is -0.538. The van der Waals surface area contributed by atoms with Crippen molar-refractivity contribution in [3.63, 3.8) is 0 Å². The molecular formula is C23H19F6N5O3S. The summed E-state index contributed by atoms with van der Waals surface area (Å²) in [6, 6.07) is 9.04. The smallest absolute Gasteiger partial charge is 0.404 e. The molecule has 1 aliphatic heterocycles. The molecule has 4 rings (SSSR count). The van der Waals surface area contributed by atoms with Crippen LogP contribution in [0.1, 0.15) is 16.1 Å². The Morgan fingerprint density at radius 2 is 1.63 bits per heavy atom. The van der Waals surface area contributed by atoms with Crippen molar-refractivity contribution < 1.29 is 40.7 Å². The molecule has 38 heavy (non-hydrogen) atoms. The summed E-state index contributed by atoms with van der Waals surface area (Å²) in [5, 5.41) is 6.04. The number of benzene rings is 2. The van der Waals surface area contributed by atoms with E-state index in [0.717, 1.165) is 29.5 Å². The van der Waals surface area contributed by atoms with E-state index in [2.05, 4.69) is 20.4 Å². The average molecular weight is 559 g/mol. The number of thiazole rings is 1. The molecule has 3 aromatic rings. The van der Waals surface area contributed by atoms with Gasteiger partial charge in [-0.15, -0.1) is 24.5 Å². The molecule has 0 atom stereocenters. The molecule has 2 aromatic carbocycles. The van der Waals surface area contributed by atoms with Crippen molar-refractivity contribution in [1.29, 1.82) is 0 Å². The molecular weight excluding hydrogens is 540 g/mol. The molecule has 3 amide bonds. The minimum absolute atomic E-state index is 0.0303. The van der Waals surface area contributed by atoms with Gasteiger partial charge < -0.3 is 19.9 Å². The molecule has 2 N–H and O–H groups in total. The monoisotopic (exact) mass is 559 g/mol. The number of hydrogen-bond donors (Lipinski definition) is 2. The number of hydrogen-bond acceptors (Lipinski definition) is 6. The number of nitrogens with one attached hydrogen (secondary N) is 2. The van der Waals surface area contributed by atoms with Gasteiger partial charge >= 0.3 is 18.6 Å². The van der Waals surface area contributed by atoms with Gasteiger partial charge in [0.05, 0.1) is 11.3 Å². The number of anilines is 3. The minimum Gasteiger partial charge on any atom is -0.404 e. The van der Waals surface area contributed by atoms with Crippen LogP contribution in [0, 0.1) is 0 Å². The maximum absolute atomic E-state index is 13.0. The maximum atomic E-state index is 13.0. The number of halogens is 6. The summed E-state index contributed by atoms with van der Waals surface area (Å²) < 4.78 is 80.6. The number of nitrogens with zero attached hydrogens (tertiary/aromatic N) is 3. The zero-order valence-electron chi connectivity index (χ0n) is 19.3. The Balaban J connectivity index is 1.33. The third kappa shape index (κ3) is 6.85. The largest absolute Gasteiger partial charge is 0.573 e. The standard InChI is InChI=1S/C23H19F6N5O3S/c24-22(25,26)14-4-3-5-15(12-14)33-8-10-34(11-9-33)19(35)17-13-38-21(31-17)32-20(36)30-16-6-1-2-7-18(16)37-23(27,28)29/h1-7,12-13H,8-11H2,(H2,30,31,32,36). The Bertz CT molecular complexity index is 1300. The van der Waals surface area contributed by atoms with E-state index in [0.29, 0.717) is 18.8 Å². The molecule has 0 aliphatic carbocycles. The molecule has 1 saturated heterocycles. The van der Waals surface area contributed by atoms with Crippen LogP contribution in [0.15, 0.2) is 53.9 Å². The fourth-order valence-electron chi connectivity index (χ4n) is 3.67. The number of aromatic nitrogens is 1. The second kappa shape index (κ2) is 10.8. The van der Waals surface area contributed by atoms with Crippen LogP contribution < -0.4 is 20.3 Å². The van der Waals surface area contributed by atoms with Crippen molar-refractivity contribution in [2.24, 2.45) is 0 Å². The molecule has 8 nitrogen and oxygen atoms in total. The van der Waals surface area contributed by atoms with E-state index in [1.807, 2.05) is 0 Å². The van der Waals surface area contributed by atoms with E-state index in [1.165, 1.54) is 34.5 Å². The molecule has 2 heterocycles. The van der Waals surface area contributed by atoms with Crippen molar-refractivity contribution >= 4 is 39.8 Å². The van der Waals surface area contributed by atoms with Crippen LogP contribution >= 0.6 is 11.3 Å². The molecule has 0 unspecified atom stereocenters. The van der Waals surface area contributed by atoms with Crippen LogP contribution in [0.4, 0.5) is 47.6 Å². The highest BCUT2D eigenvalue weighted by molar-refractivity contribution is 7.14. The van der Waals surface area contributed by atoms with Gasteiger partial charge in [0.15, 0.2) is 10.9 Å². The molecule has 0 radical (unpaired) electrons. The third-order valence-electron chi connectivity index (χ3n) is 5.41. The van der Waals surface area contributed by atoms with Crippen molar-refractivity contribution in [3.8, 4) is 5.75 Å². The molecule has 0 saturated carbocycles. The van der Waals surface area contributed by atoms with E-state index in [1.54, 1.807) is 11.0 Å². The summed E-state index contributed by atoms with van der Waals surface area (Å²) in [4.78, 5) is 32.4. The number of urea groups is 1. The van der Waals surface area contributed by atoms with E-state index < -0.39 is 35.8 Å². The Kier molecular flexibility index (Phi) is 7.66. The fraction of sp³-hybridized carbons (Fsp3) is 0.261. The summed E-state index contributed by atoms with van der Waals surface area (Å²) in [6.45, 7) is 1.10. The van der Waals surface area contributed by atoms with E-state index >= 15 is 0 Å². The zero-order chi connectivity index (χ0) is 27.5. The number of para-hydroxylation sites is 2. The van der Waals surface area contributed by atoms with E-state index in [4.69, 9.17) is 0 Å². The zero-order valence-corrected chi connectivity index (χ0v) is 20.1. The fourth-order valence-corrected chi connectivity index (χ4v) is 4.35. The quantitative estimate of drug-likeness (QED) is 0.394. The number of ether oxygens (including phenoxy) is 1. The second-order valence-electron chi connectivity index (χ2n) is 7.99. The summed E-state index contributed by atoms with van der Waals surface area (Å²) >= 11 is 0.938. The van der Waals surface area contributed by atoms with Gasteiger partial charge in [-0.3, -0.25) is 10.1 Å². The average Bonchev–Trinajstić information content (AvgIpc) is 3.32. The number of alkyl halides is 6. The Hall–Kier alpha value is -4.01. The SMILES string of the molecule is O=C(Nc1nc(C(=O)N2CCN(c3cccc(C(F)(F)F)c3)CC2)cs1)Nc1ccccc1OC(F)(F)F. The lowest BCUT2D eigenvalue weighted by molar-refractivity contribution is -0.274. The van der Waals surface area contributed by atoms with Crippen LogP contribution in [0.25, 0.3) is 0 Å². The number of amides is 3. The number of carbonyl (C=O) groups excluding carboxylic acids is 2. The Morgan fingerprint density at radius 3 is 2.32 bits per heavy atom. The number of piperazine rings is 1. The number of rotatable bonds is 5. The normalized spacial score (nSPS) is 14.3. The molecule has 1 aliphatic rings. The second-order valence-corrected chi connectivity index (χ2v) is 8.85. The van der Waals surface area contributed by atoms with Gasteiger partial charge in [0, 0.05) is 37.2 Å². The van der Waals surface area contributed by atoms with Gasteiger partial charge in [-0.25, -0.2) is 9.78 Å². The predicted molar refractivity (Wildman–Crippen MR) is 127 cm³/mol. The Labute approximate surface area is 215 Å². The summed E-state index contributed by atoms with van der Waals surface area (Å²) in [5.74, 6) is -1.03. The predicted octanol–water partition coefficient (Wildman–Crippen LogP) is 5.67. The van der Waals surface area contributed by atoms with Gasteiger partial charge in [0.2, 0.25) is 0 Å². The van der Waals surface area contributed by atoms with Crippen molar-refractivity contribution in [2.75, 3.05) is 41.7 Å². The lowest BCUT2D eigenvalue weighted by atomic mass is 10.1. The van der Waals surface area contributed by atoms with Crippen molar-refractivity contribution in [3.05, 3.63) is 65.2 Å². The van der Waals surface area contributed by atoms with Crippen LogP contribution in [-0.2, 0) is 6.18 Å². The highest BCUT2D eigenvalue weighted by atomic mass is 32.1. The van der Waals surface area contributed by atoms with Gasteiger partial charge in [-0.1, -0.05) is 18.2 Å². The molecule has 1 fully saturated rings. The van der Waals surface area contributed by atoms with Gasteiger partial charge in [0.25, 0.3) is 5.91 Å². The first kappa shape index (κ1) is 27.0. The first-order valence-electron chi connectivity index (χ1n) is 11.0. The lowest BCUT2D eigenvalue weighted by Gasteiger charge is -2.36. The molecule has 0 bridgehead atoms. The minimum atomic E-state index is -4.95. The van der Waals surface area contributed by atoms with Crippen LogP contribution in [0.5, 0.6) is 5.75 Å². The molecule has 1 aromatic heterocycles. The summed E-state index contributed by atoms with van der Waals surface area (Å²) in [6.07, 6.45) is -9.40. The van der Waals surface area contributed by atoms with Crippen molar-refractivity contribution in [2.45, 2.75) is 12.5 Å². The first-order chi connectivity index (χ1) is 17.9. The maximum Gasteiger partial charge on any atom is 0.573 e. The topological polar surface area (TPSA) is 86.8 Å². The van der Waals surface area contributed by atoms with E-state index in [9.17, 15) is 35.9 Å². The Morgan fingerprint density at radius 1 is 0.921 bits per heavy atom. The van der Waals surface area contributed by atoms with Crippen LogP contribution in [0.2, 0.25) is 0 Å².